The minimum atomic E-state index is -1.12. The van der Waals surface area contributed by atoms with Crippen LogP contribution in [-0.4, -0.2) is 89.2 Å². The van der Waals surface area contributed by atoms with E-state index in [1.54, 1.807) is 18.4 Å². The molecular weight excluding hydrogens is 761 g/mol. The Balaban J connectivity index is 0.942. The SMILES string of the molecule is COc1ccc2sc(Nc3ncc4c(c3C)CCCN4c3ccc(/C(C=N)=C(\C)NCC45CC6(C)CC(C)(C4)CC(OCCN4CCCC4)(C6)C5)c(C(=O)O)n3)nc2c1. The Morgan fingerprint density at radius 2 is 1.80 bits per heavy atom. The van der Waals surface area contributed by atoms with Crippen molar-refractivity contribution < 1.29 is 19.4 Å². The number of carboxylic acids is 1. The van der Waals surface area contributed by atoms with E-state index in [0.717, 1.165) is 114 Å². The molecule has 5 heterocycles. The quantitative estimate of drug-likeness (QED) is 0.0903. The van der Waals surface area contributed by atoms with Crippen molar-refractivity contribution >= 4 is 61.8 Å². The van der Waals surface area contributed by atoms with Crippen LogP contribution in [0.4, 0.5) is 22.5 Å². The average molecular weight is 819 g/mol. The molecule has 10 rings (SSSR count). The first-order valence-electron chi connectivity index (χ1n) is 21.3. The van der Waals surface area contributed by atoms with Gasteiger partial charge in [-0.1, -0.05) is 25.2 Å². The Kier molecular flexibility index (Phi) is 10.2. The molecule has 0 radical (unpaired) electrons. The third-order valence-electron chi connectivity index (χ3n) is 13.9. The van der Waals surface area contributed by atoms with Gasteiger partial charge in [0, 0.05) is 48.7 Å². The molecule has 1 saturated heterocycles. The fourth-order valence-electron chi connectivity index (χ4n) is 12.6. The molecule has 4 saturated carbocycles. The number of pyridine rings is 2. The van der Waals surface area contributed by atoms with Gasteiger partial charge >= 0.3 is 5.97 Å². The van der Waals surface area contributed by atoms with Crippen LogP contribution in [0.1, 0.15) is 106 Å². The van der Waals surface area contributed by atoms with E-state index in [0.29, 0.717) is 23.5 Å². The molecule has 2 aliphatic heterocycles. The fourth-order valence-corrected chi connectivity index (χ4v) is 13.5. The van der Waals surface area contributed by atoms with Crippen LogP contribution in [0.2, 0.25) is 0 Å². The van der Waals surface area contributed by atoms with Gasteiger partial charge in [-0.05, 0) is 143 Å². The summed E-state index contributed by atoms with van der Waals surface area (Å²) in [4.78, 5) is 31.9. The molecule has 4 bridgehead atoms. The maximum absolute atomic E-state index is 12.9. The van der Waals surface area contributed by atoms with Crippen molar-refractivity contribution in [2.24, 2.45) is 16.2 Å². The largest absolute Gasteiger partial charge is 0.497 e. The van der Waals surface area contributed by atoms with E-state index in [2.05, 4.69) is 41.2 Å². The Morgan fingerprint density at radius 1 is 1.02 bits per heavy atom. The van der Waals surface area contributed by atoms with Crippen molar-refractivity contribution in [1.82, 2.24) is 25.2 Å². The van der Waals surface area contributed by atoms with Crippen LogP contribution in [0.3, 0.4) is 0 Å². The van der Waals surface area contributed by atoms with Crippen molar-refractivity contribution in [3.63, 3.8) is 0 Å². The summed E-state index contributed by atoms with van der Waals surface area (Å²) >= 11 is 1.56. The molecule has 4 aliphatic carbocycles. The van der Waals surface area contributed by atoms with E-state index in [-0.39, 0.29) is 27.5 Å². The number of benzene rings is 1. The Bertz CT molecular complexity index is 2320. The zero-order valence-corrected chi connectivity index (χ0v) is 36.0. The number of rotatable bonds is 14. The standard InChI is InChI=1S/C46H58N8O4S/c1-29-32-9-8-16-54(36(32)21-48-40(29)52-42-50-35-19-31(57-5)10-12-37(35)59-42)38-13-11-33(39(51-38)41(55)56)34(20-47)30(2)49-28-45-23-43(3)22-44(4,24-45)26-46(25-43,27-45)58-18-17-53-14-6-7-15-53/h10-13,19-21,47,49H,6-9,14-18,22-28H2,1-5H3,(H,55,56)(H,48,50,52)/b34-30+,47-20?. The maximum Gasteiger partial charge on any atom is 0.355 e. The van der Waals surface area contributed by atoms with Crippen molar-refractivity contribution in [1.29, 1.82) is 5.41 Å². The number of nitrogens with zero attached hydrogens (tertiary/aromatic N) is 5. The Hall–Kier alpha value is -4.59. The van der Waals surface area contributed by atoms with Crippen molar-refractivity contribution in [2.75, 3.05) is 56.7 Å². The lowest BCUT2D eigenvalue weighted by atomic mass is 9.39. The lowest BCUT2D eigenvalue weighted by molar-refractivity contribution is -0.243. The molecule has 2 unspecified atom stereocenters. The molecule has 13 heteroatoms. The van der Waals surface area contributed by atoms with Crippen LogP contribution < -0.4 is 20.3 Å². The van der Waals surface area contributed by atoms with Gasteiger partial charge in [0.2, 0.25) is 0 Å². The first-order chi connectivity index (χ1) is 28.3. The first-order valence-corrected chi connectivity index (χ1v) is 22.2. The maximum atomic E-state index is 12.9. The molecule has 312 valence electrons. The lowest BCUT2D eigenvalue weighted by Gasteiger charge is -2.69. The van der Waals surface area contributed by atoms with Gasteiger partial charge < -0.3 is 40.4 Å². The number of ether oxygens (including phenoxy) is 2. The molecule has 6 aliphatic rings. The molecule has 5 fully saturated rings. The van der Waals surface area contributed by atoms with Gasteiger partial charge in [0.1, 0.15) is 17.4 Å². The molecule has 59 heavy (non-hydrogen) atoms. The summed E-state index contributed by atoms with van der Waals surface area (Å²) < 4.78 is 13.4. The van der Waals surface area contributed by atoms with E-state index in [1.807, 2.05) is 43.5 Å². The number of methoxy groups -OCH3 is 1. The second-order valence-corrected chi connectivity index (χ2v) is 20.0. The highest BCUT2D eigenvalue weighted by atomic mass is 32.1. The van der Waals surface area contributed by atoms with E-state index in [4.69, 9.17) is 29.8 Å². The smallest absolute Gasteiger partial charge is 0.355 e. The zero-order chi connectivity index (χ0) is 41.2. The van der Waals surface area contributed by atoms with E-state index in [1.165, 1.54) is 38.6 Å². The predicted octanol–water partition coefficient (Wildman–Crippen LogP) is 9.13. The summed E-state index contributed by atoms with van der Waals surface area (Å²) in [5.41, 5.74) is 6.11. The van der Waals surface area contributed by atoms with Gasteiger partial charge in [0.05, 0.1) is 41.4 Å². The van der Waals surface area contributed by atoms with Crippen LogP contribution in [0.5, 0.6) is 5.75 Å². The van der Waals surface area contributed by atoms with E-state index < -0.39 is 5.97 Å². The van der Waals surface area contributed by atoms with Gasteiger partial charge in [0.15, 0.2) is 10.8 Å². The number of aromatic nitrogens is 3. The first kappa shape index (κ1) is 39.8. The van der Waals surface area contributed by atoms with Gasteiger partial charge in [-0.15, -0.1) is 0 Å². The highest BCUT2D eigenvalue weighted by molar-refractivity contribution is 7.22. The highest BCUT2D eigenvalue weighted by Gasteiger charge is 2.66. The minimum absolute atomic E-state index is 0.0649. The molecule has 1 aromatic carbocycles. The Morgan fingerprint density at radius 3 is 2.53 bits per heavy atom. The predicted molar refractivity (Wildman–Crippen MR) is 235 cm³/mol. The monoisotopic (exact) mass is 818 g/mol. The summed E-state index contributed by atoms with van der Waals surface area (Å²) in [6.45, 7) is 14.6. The van der Waals surface area contributed by atoms with Crippen molar-refractivity contribution in [2.45, 2.75) is 97.5 Å². The highest BCUT2D eigenvalue weighted by Crippen LogP contribution is 2.71. The molecule has 0 amide bonds. The summed E-state index contributed by atoms with van der Waals surface area (Å²) in [5, 5.41) is 27.0. The van der Waals surface area contributed by atoms with Crippen molar-refractivity contribution in [3.8, 4) is 5.75 Å². The summed E-state index contributed by atoms with van der Waals surface area (Å²) in [6.07, 6.45) is 14.3. The van der Waals surface area contributed by atoms with Gasteiger partial charge in [0.25, 0.3) is 0 Å². The van der Waals surface area contributed by atoms with Crippen LogP contribution in [0.15, 0.2) is 42.2 Å². The average Bonchev–Trinajstić information content (AvgIpc) is 3.86. The van der Waals surface area contributed by atoms with E-state index in [9.17, 15) is 9.90 Å². The summed E-state index contributed by atoms with van der Waals surface area (Å²) in [5.74, 6) is 0.936. The van der Waals surface area contributed by atoms with Crippen LogP contribution in [-0.2, 0) is 11.2 Å². The second kappa shape index (κ2) is 15.1. The fraction of sp³-hybridized carbons (Fsp3) is 0.543. The number of fused-ring (bicyclic) bond motifs is 2. The van der Waals surface area contributed by atoms with Gasteiger partial charge in [-0.25, -0.2) is 19.7 Å². The molecule has 2 atom stereocenters. The number of hydrogen-bond acceptors (Lipinski definition) is 12. The van der Waals surface area contributed by atoms with E-state index >= 15 is 0 Å². The normalized spacial score (nSPS) is 27.8. The van der Waals surface area contributed by atoms with Crippen molar-refractivity contribution in [3.05, 3.63) is 64.6 Å². The number of thiazole rings is 1. The number of likely N-dealkylation sites (tertiary alicyclic amines) is 1. The molecule has 0 spiro atoms. The number of anilines is 4. The Labute approximate surface area is 351 Å². The lowest BCUT2D eigenvalue weighted by Crippen LogP contribution is -2.65. The molecule has 3 aromatic heterocycles. The molecule has 4 aromatic rings. The van der Waals surface area contributed by atoms with Crippen LogP contribution in [0.25, 0.3) is 15.8 Å². The molecular formula is C46H58N8O4S. The van der Waals surface area contributed by atoms with Crippen LogP contribution in [0, 0.1) is 28.6 Å². The summed E-state index contributed by atoms with van der Waals surface area (Å²) in [6, 6.07) is 9.57. The zero-order valence-electron chi connectivity index (χ0n) is 35.2. The number of hydrogen-bond donors (Lipinski definition) is 4. The number of nitrogens with one attached hydrogen (secondary N) is 3. The minimum Gasteiger partial charge on any atom is -0.497 e. The summed E-state index contributed by atoms with van der Waals surface area (Å²) in [7, 11) is 1.65. The van der Waals surface area contributed by atoms with Gasteiger partial charge in [-0.2, -0.15) is 0 Å². The third-order valence-corrected chi connectivity index (χ3v) is 14.9. The number of aromatic carboxylic acids is 1. The van der Waals surface area contributed by atoms with Crippen LogP contribution >= 0.6 is 11.3 Å². The molecule has 4 N–H and O–H groups in total. The molecule has 12 nitrogen and oxygen atoms in total. The number of carboxylic acid groups (broad SMARTS) is 1. The third kappa shape index (κ3) is 7.59. The second-order valence-electron chi connectivity index (χ2n) is 19.0. The van der Waals surface area contributed by atoms with Gasteiger partial charge in [-0.3, -0.25) is 0 Å². The number of carbonyl (C=O) groups is 1. The number of allylic oxidation sites excluding steroid dienone is 2. The topological polar surface area (TPSA) is 149 Å².